The second kappa shape index (κ2) is 5.29. The van der Waals surface area contributed by atoms with Crippen LogP contribution in [0.2, 0.25) is 0 Å². The molecule has 1 aromatic carbocycles. The standard InChI is InChI=1S/C13H19NO/c1-2-15-10-9-14-13-8-7-11-5-3-4-6-12(11)13/h3-6,13-14H,2,7-10H2,1H3/t13-/m0/s1. The quantitative estimate of drug-likeness (QED) is 0.745. The van der Waals surface area contributed by atoms with Crippen molar-refractivity contribution in [1.82, 2.24) is 5.32 Å². The van der Waals surface area contributed by atoms with Gasteiger partial charge in [0.05, 0.1) is 6.61 Å². The van der Waals surface area contributed by atoms with Crippen molar-refractivity contribution < 1.29 is 4.74 Å². The van der Waals surface area contributed by atoms with Crippen molar-refractivity contribution in [3.63, 3.8) is 0 Å². The summed E-state index contributed by atoms with van der Waals surface area (Å²) in [6.07, 6.45) is 2.44. The van der Waals surface area contributed by atoms with Crippen LogP contribution in [0.4, 0.5) is 0 Å². The van der Waals surface area contributed by atoms with Gasteiger partial charge in [0.25, 0.3) is 0 Å². The van der Waals surface area contributed by atoms with E-state index in [2.05, 4.69) is 29.6 Å². The van der Waals surface area contributed by atoms with Gasteiger partial charge in [-0.15, -0.1) is 0 Å². The lowest BCUT2D eigenvalue weighted by molar-refractivity contribution is 0.147. The molecule has 2 rings (SSSR count). The SMILES string of the molecule is CCOCCN[C@H]1CCc2ccccc21. The fourth-order valence-electron chi connectivity index (χ4n) is 2.22. The Morgan fingerprint density at radius 2 is 2.27 bits per heavy atom. The minimum atomic E-state index is 0.543. The number of hydrogen-bond acceptors (Lipinski definition) is 2. The van der Waals surface area contributed by atoms with Crippen LogP contribution in [0.25, 0.3) is 0 Å². The molecule has 0 aliphatic heterocycles. The molecule has 15 heavy (non-hydrogen) atoms. The average molecular weight is 205 g/mol. The maximum Gasteiger partial charge on any atom is 0.0590 e. The van der Waals surface area contributed by atoms with Gasteiger partial charge in [0.15, 0.2) is 0 Å². The molecule has 1 aliphatic rings. The van der Waals surface area contributed by atoms with E-state index in [1.54, 1.807) is 0 Å². The fraction of sp³-hybridized carbons (Fsp3) is 0.538. The van der Waals surface area contributed by atoms with E-state index in [-0.39, 0.29) is 0 Å². The molecule has 1 aromatic rings. The molecule has 0 saturated heterocycles. The molecule has 0 fully saturated rings. The Balaban J connectivity index is 1.85. The van der Waals surface area contributed by atoms with Gasteiger partial charge in [0.2, 0.25) is 0 Å². The third-order valence-corrected chi connectivity index (χ3v) is 2.97. The first kappa shape index (κ1) is 10.7. The number of aryl methyl sites for hydroxylation is 1. The van der Waals surface area contributed by atoms with Gasteiger partial charge in [-0.2, -0.15) is 0 Å². The van der Waals surface area contributed by atoms with E-state index in [1.807, 2.05) is 6.92 Å². The highest BCUT2D eigenvalue weighted by molar-refractivity contribution is 5.34. The smallest absolute Gasteiger partial charge is 0.0590 e. The lowest BCUT2D eigenvalue weighted by Crippen LogP contribution is -2.23. The van der Waals surface area contributed by atoms with E-state index in [4.69, 9.17) is 4.74 Å². The average Bonchev–Trinajstić information content (AvgIpc) is 2.68. The molecule has 0 spiro atoms. The number of benzene rings is 1. The summed E-state index contributed by atoms with van der Waals surface area (Å²) in [5, 5.41) is 3.55. The van der Waals surface area contributed by atoms with E-state index in [9.17, 15) is 0 Å². The van der Waals surface area contributed by atoms with Gasteiger partial charge in [-0.1, -0.05) is 24.3 Å². The van der Waals surface area contributed by atoms with Crippen molar-refractivity contribution >= 4 is 0 Å². The zero-order valence-electron chi connectivity index (χ0n) is 9.33. The first-order valence-corrected chi connectivity index (χ1v) is 5.80. The zero-order chi connectivity index (χ0) is 10.5. The molecular weight excluding hydrogens is 186 g/mol. The Morgan fingerprint density at radius 1 is 1.40 bits per heavy atom. The maximum atomic E-state index is 5.32. The molecule has 2 heteroatoms. The van der Waals surface area contributed by atoms with Crippen LogP contribution in [-0.2, 0) is 11.2 Å². The summed E-state index contributed by atoms with van der Waals surface area (Å²) in [7, 11) is 0. The van der Waals surface area contributed by atoms with Crippen molar-refractivity contribution in [3.8, 4) is 0 Å². The minimum Gasteiger partial charge on any atom is -0.380 e. The highest BCUT2D eigenvalue weighted by Gasteiger charge is 2.20. The Morgan fingerprint density at radius 3 is 3.13 bits per heavy atom. The predicted octanol–water partition coefficient (Wildman–Crippen LogP) is 2.30. The van der Waals surface area contributed by atoms with Crippen LogP contribution >= 0.6 is 0 Å². The second-order valence-corrected chi connectivity index (χ2v) is 3.94. The van der Waals surface area contributed by atoms with Crippen molar-refractivity contribution in [2.75, 3.05) is 19.8 Å². The Labute approximate surface area is 91.6 Å². The summed E-state index contributed by atoms with van der Waals surface area (Å²) >= 11 is 0. The minimum absolute atomic E-state index is 0.543. The van der Waals surface area contributed by atoms with Crippen LogP contribution in [0.3, 0.4) is 0 Å². The first-order chi connectivity index (χ1) is 7.42. The molecule has 1 N–H and O–H groups in total. The Hall–Kier alpha value is -0.860. The molecule has 0 heterocycles. The van der Waals surface area contributed by atoms with Crippen molar-refractivity contribution in [3.05, 3.63) is 35.4 Å². The van der Waals surface area contributed by atoms with Crippen LogP contribution in [-0.4, -0.2) is 19.8 Å². The van der Waals surface area contributed by atoms with Gasteiger partial charge in [-0.25, -0.2) is 0 Å². The second-order valence-electron chi connectivity index (χ2n) is 3.94. The van der Waals surface area contributed by atoms with E-state index >= 15 is 0 Å². The van der Waals surface area contributed by atoms with Crippen LogP contribution in [0.5, 0.6) is 0 Å². The molecule has 82 valence electrons. The van der Waals surface area contributed by atoms with Gasteiger partial charge in [0, 0.05) is 19.2 Å². The lowest BCUT2D eigenvalue weighted by atomic mass is 10.1. The summed E-state index contributed by atoms with van der Waals surface area (Å²) in [4.78, 5) is 0. The lowest BCUT2D eigenvalue weighted by Gasteiger charge is -2.13. The molecule has 1 aliphatic carbocycles. The number of rotatable bonds is 5. The highest BCUT2D eigenvalue weighted by Crippen LogP contribution is 2.30. The number of ether oxygens (including phenoxy) is 1. The first-order valence-electron chi connectivity index (χ1n) is 5.80. The molecule has 2 nitrogen and oxygen atoms in total. The number of nitrogens with one attached hydrogen (secondary N) is 1. The Kier molecular flexibility index (Phi) is 3.75. The zero-order valence-corrected chi connectivity index (χ0v) is 9.33. The summed E-state index contributed by atoms with van der Waals surface area (Å²) < 4.78 is 5.32. The van der Waals surface area contributed by atoms with Gasteiger partial charge < -0.3 is 10.1 Å². The van der Waals surface area contributed by atoms with Crippen molar-refractivity contribution in [2.45, 2.75) is 25.8 Å². The summed E-state index contributed by atoms with van der Waals surface area (Å²) in [6, 6.07) is 9.27. The van der Waals surface area contributed by atoms with Crippen LogP contribution in [0, 0.1) is 0 Å². The van der Waals surface area contributed by atoms with Gasteiger partial charge in [-0.05, 0) is 30.9 Å². The molecule has 0 amide bonds. The largest absolute Gasteiger partial charge is 0.380 e. The summed E-state index contributed by atoms with van der Waals surface area (Å²) in [6.45, 7) is 4.61. The van der Waals surface area contributed by atoms with Gasteiger partial charge in [0.1, 0.15) is 0 Å². The van der Waals surface area contributed by atoms with Gasteiger partial charge >= 0.3 is 0 Å². The topological polar surface area (TPSA) is 21.3 Å². The molecule has 0 aromatic heterocycles. The van der Waals surface area contributed by atoms with E-state index in [0.29, 0.717) is 6.04 Å². The normalized spacial score (nSPS) is 19.1. The number of hydrogen-bond donors (Lipinski definition) is 1. The molecular formula is C13H19NO. The van der Waals surface area contributed by atoms with Gasteiger partial charge in [-0.3, -0.25) is 0 Å². The van der Waals surface area contributed by atoms with E-state index in [0.717, 1.165) is 19.8 Å². The molecule has 0 saturated carbocycles. The fourth-order valence-corrected chi connectivity index (χ4v) is 2.22. The molecule has 0 unspecified atom stereocenters. The molecule has 0 bridgehead atoms. The third-order valence-electron chi connectivity index (χ3n) is 2.97. The summed E-state index contributed by atoms with van der Waals surface area (Å²) in [5.41, 5.74) is 2.99. The monoisotopic (exact) mass is 205 g/mol. The molecule has 1 atom stereocenters. The van der Waals surface area contributed by atoms with Crippen LogP contribution in [0.1, 0.15) is 30.5 Å². The van der Waals surface area contributed by atoms with Crippen molar-refractivity contribution in [1.29, 1.82) is 0 Å². The molecule has 0 radical (unpaired) electrons. The van der Waals surface area contributed by atoms with Crippen molar-refractivity contribution in [2.24, 2.45) is 0 Å². The third kappa shape index (κ3) is 2.58. The maximum absolute atomic E-state index is 5.32. The number of fused-ring (bicyclic) bond motifs is 1. The van der Waals surface area contributed by atoms with Crippen LogP contribution < -0.4 is 5.32 Å². The van der Waals surface area contributed by atoms with E-state index in [1.165, 1.54) is 24.0 Å². The van der Waals surface area contributed by atoms with Crippen LogP contribution in [0.15, 0.2) is 24.3 Å². The van der Waals surface area contributed by atoms with E-state index < -0.39 is 0 Å². The summed E-state index contributed by atoms with van der Waals surface area (Å²) in [5.74, 6) is 0. The predicted molar refractivity (Wildman–Crippen MR) is 62.0 cm³/mol. The highest BCUT2D eigenvalue weighted by atomic mass is 16.5. The Bertz CT molecular complexity index is 311.